The van der Waals surface area contributed by atoms with Gasteiger partial charge in [-0.2, -0.15) is 0 Å². The number of hydrogen-bond acceptors (Lipinski definition) is 4. The van der Waals surface area contributed by atoms with E-state index >= 15 is 0 Å². The highest BCUT2D eigenvalue weighted by Gasteiger charge is 2.23. The van der Waals surface area contributed by atoms with Crippen molar-refractivity contribution in [1.29, 1.82) is 0 Å². The molecule has 0 N–H and O–H groups in total. The first-order valence-corrected chi connectivity index (χ1v) is 19.1. The van der Waals surface area contributed by atoms with E-state index in [1.807, 2.05) is 24.3 Å². The molecule has 0 spiro atoms. The van der Waals surface area contributed by atoms with Crippen molar-refractivity contribution >= 4 is 65.6 Å². The monoisotopic (exact) mass is 729 g/mol. The van der Waals surface area contributed by atoms with Crippen LogP contribution < -0.4 is 0 Å². The average Bonchev–Trinajstić information content (AvgIpc) is 3.95. The molecule has 5 heterocycles. The molecule has 0 bridgehead atoms. The molecule has 0 fully saturated rings. The molecule has 7 aromatic carbocycles. The van der Waals surface area contributed by atoms with Gasteiger partial charge in [-0.15, -0.1) is 0 Å². The van der Waals surface area contributed by atoms with Crippen LogP contribution in [0.3, 0.4) is 0 Å². The van der Waals surface area contributed by atoms with Crippen LogP contribution in [-0.4, -0.2) is 24.1 Å². The van der Waals surface area contributed by atoms with E-state index in [-0.39, 0.29) is 0 Å². The summed E-state index contributed by atoms with van der Waals surface area (Å²) in [5, 5.41) is 6.78. The molecule has 6 heteroatoms. The first kappa shape index (κ1) is 31.5. The highest BCUT2D eigenvalue weighted by molar-refractivity contribution is 6.28. The van der Waals surface area contributed by atoms with Crippen molar-refractivity contribution in [3.8, 4) is 45.5 Å². The lowest BCUT2D eigenvalue weighted by atomic mass is 10.1. The molecular formula is C51H31N5O. The number of furan rings is 1. The van der Waals surface area contributed by atoms with Crippen LogP contribution in [0.1, 0.15) is 0 Å². The van der Waals surface area contributed by atoms with Gasteiger partial charge in [0.15, 0.2) is 0 Å². The Morgan fingerprint density at radius 3 is 1.60 bits per heavy atom. The van der Waals surface area contributed by atoms with E-state index in [2.05, 4.69) is 173 Å². The Morgan fingerprint density at radius 1 is 0.368 bits per heavy atom. The molecule has 0 saturated carbocycles. The molecule has 12 rings (SSSR count). The average molecular weight is 730 g/mol. The predicted octanol–water partition coefficient (Wildman–Crippen LogP) is 13.0. The molecule has 266 valence electrons. The van der Waals surface area contributed by atoms with Crippen LogP contribution in [0.25, 0.3) is 111 Å². The van der Waals surface area contributed by atoms with Gasteiger partial charge in [0, 0.05) is 49.0 Å². The van der Waals surface area contributed by atoms with E-state index in [4.69, 9.17) is 19.4 Å². The normalized spacial score (nSPS) is 11.9. The number of hydrogen-bond donors (Lipinski definition) is 0. The van der Waals surface area contributed by atoms with E-state index in [0.29, 0.717) is 5.95 Å². The molecule has 0 unspecified atom stereocenters. The summed E-state index contributed by atoms with van der Waals surface area (Å²) in [6.07, 6.45) is 0. The number of aromatic nitrogens is 5. The molecule has 0 amide bonds. The first-order valence-electron chi connectivity index (χ1n) is 19.1. The minimum absolute atomic E-state index is 0.624. The van der Waals surface area contributed by atoms with Gasteiger partial charge < -0.3 is 4.42 Å². The van der Waals surface area contributed by atoms with Gasteiger partial charge in [-0.25, -0.2) is 15.0 Å². The topological polar surface area (TPSA) is 61.7 Å². The summed E-state index contributed by atoms with van der Waals surface area (Å²) in [5.41, 5.74) is 11.6. The van der Waals surface area contributed by atoms with Gasteiger partial charge in [-0.05, 0) is 54.6 Å². The van der Waals surface area contributed by atoms with Crippen molar-refractivity contribution < 1.29 is 4.42 Å². The first-order chi connectivity index (χ1) is 28.3. The van der Waals surface area contributed by atoms with Crippen molar-refractivity contribution in [3.63, 3.8) is 0 Å². The van der Waals surface area contributed by atoms with Crippen LogP contribution in [0.5, 0.6) is 0 Å². The van der Waals surface area contributed by atoms with Crippen molar-refractivity contribution in [2.24, 2.45) is 0 Å². The highest BCUT2D eigenvalue weighted by Crippen LogP contribution is 2.43. The van der Waals surface area contributed by atoms with Crippen LogP contribution >= 0.6 is 0 Å². The molecule has 0 saturated heterocycles. The van der Waals surface area contributed by atoms with Gasteiger partial charge in [0.1, 0.15) is 17.0 Å². The van der Waals surface area contributed by atoms with E-state index in [0.717, 1.165) is 105 Å². The lowest BCUT2D eigenvalue weighted by Crippen LogP contribution is -2.04. The third-order valence-corrected chi connectivity index (χ3v) is 11.2. The summed E-state index contributed by atoms with van der Waals surface area (Å²) in [4.78, 5) is 15.9. The van der Waals surface area contributed by atoms with Gasteiger partial charge in [0.25, 0.3) is 0 Å². The molecule has 0 aliphatic heterocycles. The summed E-state index contributed by atoms with van der Waals surface area (Å²) < 4.78 is 11.0. The maximum atomic E-state index is 6.44. The molecule has 12 aromatic rings. The number of benzene rings is 7. The summed E-state index contributed by atoms with van der Waals surface area (Å²) in [7, 11) is 0. The Kier molecular flexibility index (Phi) is 6.83. The zero-order valence-electron chi connectivity index (χ0n) is 30.5. The summed E-state index contributed by atoms with van der Waals surface area (Å²) in [6.45, 7) is 0. The zero-order valence-corrected chi connectivity index (χ0v) is 30.5. The van der Waals surface area contributed by atoms with E-state index < -0.39 is 0 Å². The van der Waals surface area contributed by atoms with E-state index in [9.17, 15) is 0 Å². The Balaban J connectivity index is 1.11. The third kappa shape index (κ3) is 4.81. The summed E-state index contributed by atoms with van der Waals surface area (Å²) in [5.74, 6) is 1.46. The summed E-state index contributed by atoms with van der Waals surface area (Å²) in [6, 6.07) is 65.2. The molecular weight excluding hydrogens is 699 g/mol. The fraction of sp³-hybridized carbons (Fsp3) is 0. The van der Waals surface area contributed by atoms with Gasteiger partial charge in [0.2, 0.25) is 5.95 Å². The molecule has 0 radical (unpaired) electrons. The maximum absolute atomic E-state index is 6.44. The Labute approximate surface area is 326 Å². The minimum Gasteiger partial charge on any atom is -0.455 e. The standard InChI is InChI=1S/C51H31N5O/c1-3-15-32(16-4-1)40-31-41(33-17-5-2-6-18-33)54-51(53-40)56-43-26-11-8-21-38(43)49-45(56)30-29-44-48(49)37-20-7-10-25-42(37)55(44)47-28-14-24-39(52-47)36-23-13-22-35-34-19-9-12-27-46(34)57-50(35)36/h1-31H. The fourth-order valence-corrected chi connectivity index (χ4v) is 8.68. The van der Waals surface area contributed by atoms with Crippen molar-refractivity contribution in [2.45, 2.75) is 0 Å². The second kappa shape index (κ2) is 12.3. The van der Waals surface area contributed by atoms with Crippen molar-refractivity contribution in [3.05, 3.63) is 188 Å². The van der Waals surface area contributed by atoms with Gasteiger partial charge >= 0.3 is 0 Å². The number of rotatable bonds is 5. The quantitative estimate of drug-likeness (QED) is 0.177. The minimum atomic E-state index is 0.624. The van der Waals surface area contributed by atoms with Crippen LogP contribution in [0.15, 0.2) is 192 Å². The molecule has 0 atom stereocenters. The number of pyridine rings is 1. The molecule has 0 aliphatic rings. The van der Waals surface area contributed by atoms with Crippen LogP contribution in [0, 0.1) is 0 Å². The fourth-order valence-electron chi connectivity index (χ4n) is 8.68. The number of para-hydroxylation sites is 4. The molecule has 5 aromatic heterocycles. The van der Waals surface area contributed by atoms with Crippen molar-refractivity contribution in [1.82, 2.24) is 24.1 Å². The lowest BCUT2D eigenvalue weighted by molar-refractivity contribution is 0.670. The van der Waals surface area contributed by atoms with Crippen LogP contribution in [0.4, 0.5) is 0 Å². The Bertz CT molecular complexity index is 3470. The van der Waals surface area contributed by atoms with Crippen LogP contribution in [-0.2, 0) is 0 Å². The largest absolute Gasteiger partial charge is 0.455 e. The van der Waals surface area contributed by atoms with E-state index in [1.165, 1.54) is 0 Å². The highest BCUT2D eigenvalue weighted by atomic mass is 16.3. The third-order valence-electron chi connectivity index (χ3n) is 11.2. The van der Waals surface area contributed by atoms with Gasteiger partial charge in [-0.3, -0.25) is 9.13 Å². The SMILES string of the molecule is c1ccc(-c2cc(-c3ccccc3)nc(-n3c4ccccc4c4c5c6ccccc6n(-c6cccc(-c7cccc8c7oc7ccccc78)n6)c5ccc43)n2)cc1. The lowest BCUT2D eigenvalue weighted by Gasteiger charge is -2.12. The number of nitrogens with zero attached hydrogens (tertiary/aromatic N) is 5. The second-order valence-corrected chi connectivity index (χ2v) is 14.4. The zero-order chi connectivity index (χ0) is 37.5. The van der Waals surface area contributed by atoms with Crippen molar-refractivity contribution in [2.75, 3.05) is 0 Å². The predicted molar refractivity (Wildman–Crippen MR) is 232 cm³/mol. The molecule has 57 heavy (non-hydrogen) atoms. The van der Waals surface area contributed by atoms with Gasteiger partial charge in [0.05, 0.1) is 39.1 Å². The molecule has 6 nitrogen and oxygen atoms in total. The number of fused-ring (bicyclic) bond motifs is 10. The maximum Gasteiger partial charge on any atom is 0.235 e. The van der Waals surface area contributed by atoms with E-state index in [1.54, 1.807) is 0 Å². The Morgan fingerprint density at radius 2 is 0.912 bits per heavy atom. The van der Waals surface area contributed by atoms with Gasteiger partial charge in [-0.1, -0.05) is 133 Å². The summed E-state index contributed by atoms with van der Waals surface area (Å²) >= 11 is 0. The smallest absolute Gasteiger partial charge is 0.235 e. The van der Waals surface area contributed by atoms with Crippen LogP contribution in [0.2, 0.25) is 0 Å². The second-order valence-electron chi connectivity index (χ2n) is 14.4. The molecule has 0 aliphatic carbocycles. The Hall–Kier alpha value is -7.83.